The van der Waals surface area contributed by atoms with Crippen LogP contribution in [-0.2, 0) is 9.59 Å². The van der Waals surface area contributed by atoms with Gasteiger partial charge in [-0.15, -0.1) is 0 Å². The van der Waals surface area contributed by atoms with Crippen LogP contribution in [0.5, 0.6) is 0 Å². The summed E-state index contributed by atoms with van der Waals surface area (Å²) >= 11 is 0. The van der Waals surface area contributed by atoms with Crippen molar-refractivity contribution in [2.24, 2.45) is 5.92 Å². The van der Waals surface area contributed by atoms with Crippen LogP contribution in [0.2, 0.25) is 0 Å². The van der Waals surface area contributed by atoms with Crippen molar-refractivity contribution in [2.75, 3.05) is 0 Å². The molecule has 4 nitrogen and oxygen atoms in total. The molecule has 0 amide bonds. The highest BCUT2D eigenvalue weighted by Gasteiger charge is 2.41. The Bertz CT molecular complexity index is 297. The third-order valence-corrected chi connectivity index (χ3v) is 3.84. The van der Waals surface area contributed by atoms with Gasteiger partial charge in [0.2, 0.25) is 5.79 Å². The van der Waals surface area contributed by atoms with Crippen molar-refractivity contribution in [1.82, 2.24) is 0 Å². The molecular formula is C16H30O4. The van der Waals surface area contributed by atoms with Crippen molar-refractivity contribution in [1.29, 1.82) is 0 Å². The Morgan fingerprint density at radius 1 is 0.900 bits per heavy atom. The van der Waals surface area contributed by atoms with E-state index in [4.69, 9.17) is 0 Å². The monoisotopic (exact) mass is 286 g/mol. The topological polar surface area (TPSA) is 74.6 Å². The number of ketones is 2. The molecule has 4 heteroatoms. The fraction of sp³-hybridized carbons (Fsp3) is 0.875. The van der Waals surface area contributed by atoms with Crippen LogP contribution in [0.4, 0.5) is 0 Å². The van der Waals surface area contributed by atoms with Crippen LogP contribution in [0.25, 0.3) is 0 Å². The summed E-state index contributed by atoms with van der Waals surface area (Å²) in [6.07, 6.45) is 9.37. The van der Waals surface area contributed by atoms with Gasteiger partial charge in [0.15, 0.2) is 5.78 Å². The summed E-state index contributed by atoms with van der Waals surface area (Å²) in [5.74, 6) is -4.61. The summed E-state index contributed by atoms with van der Waals surface area (Å²) in [6, 6.07) is 0. The number of carbonyl (C=O) groups is 2. The molecule has 1 unspecified atom stereocenters. The second-order valence-corrected chi connectivity index (χ2v) is 5.71. The maximum absolute atomic E-state index is 11.5. The first kappa shape index (κ1) is 19.3. The third kappa shape index (κ3) is 7.15. The van der Waals surface area contributed by atoms with E-state index in [2.05, 4.69) is 6.92 Å². The van der Waals surface area contributed by atoms with Gasteiger partial charge in [0, 0.05) is 6.92 Å². The highest BCUT2D eigenvalue weighted by Crippen LogP contribution is 2.24. The minimum Gasteiger partial charge on any atom is -0.359 e. The maximum Gasteiger partial charge on any atom is 0.233 e. The lowest BCUT2D eigenvalue weighted by molar-refractivity contribution is -0.202. The molecule has 0 heterocycles. The Morgan fingerprint density at radius 3 is 1.75 bits per heavy atom. The van der Waals surface area contributed by atoms with Gasteiger partial charge in [-0.3, -0.25) is 9.59 Å². The first-order valence-electron chi connectivity index (χ1n) is 7.80. The van der Waals surface area contributed by atoms with Crippen LogP contribution in [0.1, 0.15) is 78.6 Å². The molecule has 0 aromatic rings. The Kier molecular flexibility index (Phi) is 9.68. The number of carbonyl (C=O) groups excluding carboxylic acids is 2. The smallest absolute Gasteiger partial charge is 0.233 e. The lowest BCUT2D eigenvalue weighted by Gasteiger charge is -2.26. The van der Waals surface area contributed by atoms with Crippen LogP contribution in [0.3, 0.4) is 0 Å². The number of hydrogen-bond donors (Lipinski definition) is 2. The molecule has 0 aliphatic heterocycles. The largest absolute Gasteiger partial charge is 0.359 e. The summed E-state index contributed by atoms with van der Waals surface area (Å²) in [6.45, 7) is 4.59. The van der Waals surface area contributed by atoms with Gasteiger partial charge >= 0.3 is 0 Å². The predicted octanol–water partition coefficient (Wildman–Crippen LogP) is 2.99. The molecule has 0 aliphatic carbocycles. The van der Waals surface area contributed by atoms with Gasteiger partial charge in [-0.2, -0.15) is 0 Å². The van der Waals surface area contributed by atoms with Crippen molar-refractivity contribution in [3.05, 3.63) is 0 Å². The van der Waals surface area contributed by atoms with Crippen molar-refractivity contribution < 1.29 is 19.8 Å². The quantitative estimate of drug-likeness (QED) is 0.427. The van der Waals surface area contributed by atoms with E-state index in [0.717, 1.165) is 26.2 Å². The van der Waals surface area contributed by atoms with Crippen LogP contribution >= 0.6 is 0 Å². The highest BCUT2D eigenvalue weighted by molar-refractivity contribution is 5.90. The standard InChI is InChI=1S/C16H30O4/c1-4-5-6-7-8-9-10-11-12-15(13(2)17)16(19,20)14(3)18/h15,19-20H,4-12H2,1-3H3. The number of hydrogen-bond acceptors (Lipinski definition) is 4. The van der Waals surface area contributed by atoms with Gasteiger partial charge in [-0.25, -0.2) is 0 Å². The summed E-state index contributed by atoms with van der Waals surface area (Å²) in [4.78, 5) is 22.7. The zero-order valence-corrected chi connectivity index (χ0v) is 13.2. The van der Waals surface area contributed by atoms with Crippen molar-refractivity contribution >= 4 is 11.6 Å². The zero-order valence-electron chi connectivity index (χ0n) is 13.2. The molecule has 0 saturated carbocycles. The molecule has 118 valence electrons. The first-order valence-corrected chi connectivity index (χ1v) is 7.80. The van der Waals surface area contributed by atoms with Crippen LogP contribution in [0, 0.1) is 5.92 Å². The van der Waals surface area contributed by atoms with Crippen molar-refractivity contribution in [3.8, 4) is 0 Å². The second-order valence-electron chi connectivity index (χ2n) is 5.71. The van der Waals surface area contributed by atoms with Gasteiger partial charge in [0.25, 0.3) is 0 Å². The molecule has 0 aliphatic rings. The fourth-order valence-corrected chi connectivity index (χ4v) is 2.42. The average molecular weight is 286 g/mol. The average Bonchev–Trinajstić information content (AvgIpc) is 2.35. The lowest BCUT2D eigenvalue weighted by atomic mass is 9.87. The van der Waals surface area contributed by atoms with E-state index in [-0.39, 0.29) is 5.78 Å². The molecule has 0 fully saturated rings. The van der Waals surface area contributed by atoms with Crippen LogP contribution in [-0.4, -0.2) is 27.6 Å². The Morgan fingerprint density at radius 2 is 1.35 bits per heavy atom. The van der Waals surface area contributed by atoms with Crippen molar-refractivity contribution in [2.45, 2.75) is 84.3 Å². The van der Waals surface area contributed by atoms with E-state index in [9.17, 15) is 19.8 Å². The van der Waals surface area contributed by atoms with Gasteiger partial charge in [-0.1, -0.05) is 58.3 Å². The normalized spacial score (nSPS) is 13.2. The number of unbranched alkanes of at least 4 members (excludes halogenated alkanes) is 7. The molecule has 0 saturated heterocycles. The molecule has 0 radical (unpaired) electrons. The van der Waals surface area contributed by atoms with Gasteiger partial charge < -0.3 is 10.2 Å². The Hall–Kier alpha value is -0.740. The predicted molar refractivity (Wildman–Crippen MR) is 79.2 cm³/mol. The summed E-state index contributed by atoms with van der Waals surface area (Å²) < 4.78 is 0. The van der Waals surface area contributed by atoms with Crippen molar-refractivity contribution in [3.63, 3.8) is 0 Å². The van der Waals surface area contributed by atoms with E-state index in [1.54, 1.807) is 0 Å². The van der Waals surface area contributed by atoms with Gasteiger partial charge in [-0.05, 0) is 13.3 Å². The molecule has 0 spiro atoms. The van der Waals surface area contributed by atoms with E-state index < -0.39 is 17.5 Å². The molecule has 0 aromatic carbocycles. The third-order valence-electron chi connectivity index (χ3n) is 3.84. The van der Waals surface area contributed by atoms with Gasteiger partial charge in [0.05, 0.1) is 5.92 Å². The summed E-state index contributed by atoms with van der Waals surface area (Å²) in [5, 5.41) is 19.4. The van der Waals surface area contributed by atoms with E-state index >= 15 is 0 Å². The fourth-order valence-electron chi connectivity index (χ4n) is 2.42. The maximum atomic E-state index is 11.5. The number of Topliss-reactive ketones (excluding diaryl/α,β-unsaturated/α-hetero) is 2. The van der Waals surface area contributed by atoms with Crippen LogP contribution < -0.4 is 0 Å². The molecule has 2 N–H and O–H groups in total. The Labute approximate surface area is 122 Å². The summed E-state index contributed by atoms with van der Waals surface area (Å²) in [5.41, 5.74) is 0. The lowest BCUT2D eigenvalue weighted by Crippen LogP contribution is -2.47. The van der Waals surface area contributed by atoms with Crippen LogP contribution in [0.15, 0.2) is 0 Å². The minimum atomic E-state index is -2.51. The first-order chi connectivity index (χ1) is 9.34. The molecular weight excluding hydrogens is 256 g/mol. The zero-order chi connectivity index (χ0) is 15.6. The van der Waals surface area contributed by atoms with E-state index in [1.807, 2.05) is 0 Å². The minimum absolute atomic E-state index is 0.340. The number of rotatable bonds is 12. The van der Waals surface area contributed by atoms with E-state index in [1.165, 1.54) is 39.0 Å². The second kappa shape index (κ2) is 10.1. The van der Waals surface area contributed by atoms with Gasteiger partial charge in [0.1, 0.15) is 5.78 Å². The molecule has 0 rings (SSSR count). The molecule has 1 atom stereocenters. The molecule has 0 bridgehead atoms. The van der Waals surface area contributed by atoms with E-state index in [0.29, 0.717) is 6.42 Å². The molecule has 0 aromatic heterocycles. The summed E-state index contributed by atoms with van der Waals surface area (Å²) in [7, 11) is 0. The number of aliphatic hydroxyl groups is 2. The highest BCUT2D eigenvalue weighted by atomic mass is 16.5. The Balaban J connectivity index is 3.95. The SMILES string of the molecule is CCCCCCCCCCC(C(C)=O)C(O)(O)C(C)=O. The molecule has 20 heavy (non-hydrogen) atoms.